The van der Waals surface area contributed by atoms with E-state index in [9.17, 15) is 0 Å². The molecule has 4 nitrogen and oxygen atoms in total. The normalized spacial score (nSPS) is 15.5. The third kappa shape index (κ3) is 4.71. The van der Waals surface area contributed by atoms with Gasteiger partial charge in [0, 0.05) is 22.0 Å². The molecule has 2 aliphatic rings. The first-order valence-corrected chi connectivity index (χ1v) is 24.5. The lowest BCUT2D eigenvalue weighted by molar-refractivity contribution is -0.944. The first-order valence-electron chi connectivity index (χ1n) is 21.0. The average molecular weight is 780 g/mol. The Hall–Kier alpha value is -6.56. The van der Waals surface area contributed by atoms with Crippen LogP contribution in [-0.4, -0.2) is 12.6 Å². The summed E-state index contributed by atoms with van der Waals surface area (Å²) >= 11 is 0. The number of furan rings is 1. The monoisotopic (exact) mass is 779 g/mol. The SMILES string of the molecule is CC(C)Cc1cc2[n+](cc1[Si](C)(C)C)C1(c3ccc(-c4ccccc4)cc3-2)c2ccc3c(oc4ccccc43)c2-c2n(-c3ccc4ccccc4c3)c3ccccc3[n+]21. The van der Waals surface area contributed by atoms with Gasteiger partial charge in [-0.05, 0) is 94.4 Å². The van der Waals surface area contributed by atoms with Crippen molar-refractivity contribution in [2.45, 2.75) is 45.6 Å². The predicted octanol–water partition coefficient (Wildman–Crippen LogP) is 11.9. The Labute approximate surface area is 345 Å². The molecule has 0 N–H and O–H groups in total. The number of nitrogens with zero attached hydrogens (tertiary/aromatic N) is 3. The van der Waals surface area contributed by atoms with Crippen LogP contribution in [-0.2, 0) is 12.1 Å². The van der Waals surface area contributed by atoms with E-state index in [1.807, 2.05) is 0 Å². The topological polar surface area (TPSA) is 25.8 Å². The second-order valence-corrected chi connectivity index (χ2v) is 23.1. The molecule has 59 heavy (non-hydrogen) atoms. The highest BCUT2D eigenvalue weighted by molar-refractivity contribution is 6.89. The molecule has 2 aliphatic heterocycles. The lowest BCUT2D eigenvalue weighted by Gasteiger charge is -2.24. The summed E-state index contributed by atoms with van der Waals surface area (Å²) in [4.78, 5) is 0. The molecule has 5 heteroatoms. The fourth-order valence-corrected chi connectivity index (χ4v) is 12.2. The number of pyridine rings is 1. The van der Waals surface area contributed by atoms with Crippen molar-refractivity contribution < 1.29 is 13.6 Å². The van der Waals surface area contributed by atoms with Gasteiger partial charge < -0.3 is 4.42 Å². The molecule has 1 atom stereocenters. The van der Waals surface area contributed by atoms with Gasteiger partial charge in [-0.25, -0.2) is 0 Å². The summed E-state index contributed by atoms with van der Waals surface area (Å²) in [5, 5.41) is 6.24. The van der Waals surface area contributed by atoms with Crippen molar-refractivity contribution in [3.05, 3.63) is 181 Å². The molecule has 12 rings (SSSR count). The molecule has 0 saturated carbocycles. The van der Waals surface area contributed by atoms with E-state index in [-0.39, 0.29) is 0 Å². The smallest absolute Gasteiger partial charge is 0.364 e. The van der Waals surface area contributed by atoms with Crippen LogP contribution in [0.25, 0.3) is 83.2 Å². The molecule has 1 unspecified atom stereocenters. The molecule has 7 aromatic carbocycles. The van der Waals surface area contributed by atoms with Gasteiger partial charge >= 0.3 is 11.5 Å². The Bertz CT molecular complexity index is 3380. The highest BCUT2D eigenvalue weighted by Gasteiger charge is 2.67. The number of hydrogen-bond donors (Lipinski definition) is 0. The minimum Gasteiger partial charge on any atom is -0.455 e. The van der Waals surface area contributed by atoms with Gasteiger partial charge in [-0.2, -0.15) is 4.57 Å². The van der Waals surface area contributed by atoms with Gasteiger partial charge in [-0.1, -0.05) is 131 Å². The van der Waals surface area contributed by atoms with E-state index in [4.69, 9.17) is 4.42 Å². The Morgan fingerprint density at radius 2 is 1.41 bits per heavy atom. The molecule has 284 valence electrons. The molecule has 0 saturated heterocycles. The largest absolute Gasteiger partial charge is 0.455 e. The van der Waals surface area contributed by atoms with Crippen molar-refractivity contribution >= 4 is 57.0 Å². The quantitative estimate of drug-likeness (QED) is 0.126. The van der Waals surface area contributed by atoms with Gasteiger partial charge in [0.15, 0.2) is 22.8 Å². The van der Waals surface area contributed by atoms with Crippen LogP contribution in [0.1, 0.15) is 30.5 Å². The summed E-state index contributed by atoms with van der Waals surface area (Å²) in [5.41, 5.74) is 14.7. The van der Waals surface area contributed by atoms with Crippen LogP contribution in [0.15, 0.2) is 168 Å². The number of benzene rings is 7. The van der Waals surface area contributed by atoms with Crippen molar-refractivity contribution in [3.63, 3.8) is 0 Å². The zero-order valence-corrected chi connectivity index (χ0v) is 35.1. The minimum absolute atomic E-state index is 0.535. The van der Waals surface area contributed by atoms with Gasteiger partial charge in [-0.3, -0.25) is 0 Å². The van der Waals surface area contributed by atoms with E-state index >= 15 is 0 Å². The molecular formula is C54H45N3OSi+2. The van der Waals surface area contributed by atoms with Crippen molar-refractivity contribution in [1.82, 2.24) is 4.57 Å². The van der Waals surface area contributed by atoms with Gasteiger partial charge in [0.1, 0.15) is 16.8 Å². The first-order chi connectivity index (χ1) is 28.7. The zero-order valence-electron chi connectivity index (χ0n) is 34.1. The van der Waals surface area contributed by atoms with Crippen molar-refractivity contribution in [2.75, 3.05) is 0 Å². The molecule has 0 radical (unpaired) electrons. The number of hydrogen-bond acceptors (Lipinski definition) is 1. The highest BCUT2D eigenvalue weighted by Crippen LogP contribution is 2.53. The van der Waals surface area contributed by atoms with Crippen LogP contribution in [0.4, 0.5) is 0 Å². The van der Waals surface area contributed by atoms with Gasteiger partial charge in [0.2, 0.25) is 5.69 Å². The summed E-state index contributed by atoms with van der Waals surface area (Å²) in [5.74, 6) is 1.66. The summed E-state index contributed by atoms with van der Waals surface area (Å²) in [6.45, 7) is 12.2. The van der Waals surface area contributed by atoms with Crippen molar-refractivity contribution in [2.24, 2.45) is 5.92 Å². The fourth-order valence-electron chi connectivity index (χ4n) is 10.6. The van der Waals surface area contributed by atoms with Crippen LogP contribution >= 0.6 is 0 Å². The Morgan fingerprint density at radius 1 is 0.661 bits per heavy atom. The van der Waals surface area contributed by atoms with Crippen LogP contribution in [0.5, 0.6) is 0 Å². The molecule has 5 heterocycles. The van der Waals surface area contributed by atoms with E-state index in [1.165, 1.54) is 60.6 Å². The molecule has 1 spiro atoms. The molecule has 0 amide bonds. The number of para-hydroxylation sites is 3. The summed E-state index contributed by atoms with van der Waals surface area (Å²) in [6.07, 6.45) is 3.63. The number of rotatable bonds is 5. The van der Waals surface area contributed by atoms with Crippen LogP contribution in [0, 0.1) is 5.92 Å². The molecule has 10 aromatic rings. The highest BCUT2D eigenvalue weighted by atomic mass is 28.3. The molecular weight excluding hydrogens is 735 g/mol. The maximum Gasteiger partial charge on any atom is 0.364 e. The summed E-state index contributed by atoms with van der Waals surface area (Å²) in [6, 6.07) is 58.5. The molecule has 0 aliphatic carbocycles. The summed E-state index contributed by atoms with van der Waals surface area (Å²) in [7, 11) is -1.85. The van der Waals surface area contributed by atoms with Crippen LogP contribution in [0.3, 0.4) is 0 Å². The maximum absolute atomic E-state index is 7.08. The van der Waals surface area contributed by atoms with E-state index < -0.39 is 13.7 Å². The van der Waals surface area contributed by atoms with Crippen LogP contribution in [0.2, 0.25) is 19.6 Å². The van der Waals surface area contributed by atoms with E-state index in [1.54, 1.807) is 0 Å². The van der Waals surface area contributed by atoms with Crippen LogP contribution < -0.4 is 14.3 Å². The number of fused-ring (bicyclic) bond motifs is 17. The number of imidazole rings is 1. The van der Waals surface area contributed by atoms with Gasteiger partial charge in [-0.15, -0.1) is 9.13 Å². The second kappa shape index (κ2) is 12.2. The van der Waals surface area contributed by atoms with E-state index in [2.05, 4.69) is 211 Å². The van der Waals surface area contributed by atoms with Crippen molar-refractivity contribution in [1.29, 1.82) is 0 Å². The molecule has 3 aromatic heterocycles. The minimum atomic E-state index is -1.85. The predicted molar refractivity (Wildman–Crippen MR) is 244 cm³/mol. The van der Waals surface area contributed by atoms with E-state index in [0.717, 1.165) is 51.0 Å². The third-order valence-corrected chi connectivity index (χ3v) is 15.1. The van der Waals surface area contributed by atoms with Gasteiger partial charge in [0.25, 0.3) is 0 Å². The average Bonchev–Trinajstić information content (AvgIpc) is 3.96. The number of aromatic nitrogens is 3. The lowest BCUT2D eigenvalue weighted by atomic mass is 9.87. The van der Waals surface area contributed by atoms with E-state index in [0.29, 0.717) is 5.92 Å². The first kappa shape index (κ1) is 34.5. The summed E-state index contributed by atoms with van der Waals surface area (Å²) < 4.78 is 14.9. The molecule has 0 bridgehead atoms. The standard InChI is InChI=1S/C54H45N3OSi/c1-34(2)29-39-32-48-43-31-38(35-15-7-6-8-16-35)24-27-44(43)54(55(48)33-50(39)59(3,4)5)45-28-26-42-41-19-11-14-22-49(41)58-52(42)51(45)53-56(46-20-12-13-21-47(46)57(53)54)40-25-23-36-17-9-10-18-37(36)30-40/h6-28,30-34H,29H2,1-5H3/q+2. The fraction of sp³-hybridized carbons (Fsp3) is 0.148. The van der Waals surface area contributed by atoms with Crippen molar-refractivity contribution in [3.8, 4) is 39.5 Å². The zero-order chi connectivity index (χ0) is 39.8. The Morgan fingerprint density at radius 3 is 2.24 bits per heavy atom. The third-order valence-electron chi connectivity index (χ3n) is 13.0. The second-order valence-electron chi connectivity index (χ2n) is 18.1. The molecule has 0 fully saturated rings. The lowest BCUT2D eigenvalue weighted by Crippen LogP contribution is -2.72. The Kier molecular flexibility index (Phi) is 7.15. The maximum atomic E-state index is 7.08. The Balaban J connectivity index is 1.30. The van der Waals surface area contributed by atoms with Gasteiger partial charge in [0.05, 0.1) is 24.8 Å².